The molecule has 0 atom stereocenters. The first-order chi connectivity index (χ1) is 15.8. The maximum atomic E-state index is 5.52. The van der Waals surface area contributed by atoms with Crippen LogP contribution in [0.15, 0.2) is 41.0 Å². The summed E-state index contributed by atoms with van der Waals surface area (Å²) in [6.45, 7) is 2.82. The third-order valence-electron chi connectivity index (χ3n) is 5.64. The van der Waals surface area contributed by atoms with Crippen molar-refractivity contribution < 1.29 is 9.15 Å². The van der Waals surface area contributed by atoms with Gasteiger partial charge in [0.2, 0.25) is 11.9 Å². The number of H-pyrrole nitrogens is 1. The minimum atomic E-state index is 0.258. The molecule has 3 N–H and O–H groups in total. The Kier molecular flexibility index (Phi) is 5.87. The average Bonchev–Trinajstić information content (AvgIpc) is 3.48. The number of rotatable bonds is 8. The lowest BCUT2D eigenvalue weighted by atomic mass is 9.89. The molecule has 5 rings (SSSR count). The highest BCUT2D eigenvalue weighted by Gasteiger charge is 2.19. The summed E-state index contributed by atoms with van der Waals surface area (Å²) in [7, 11) is 0. The molecule has 0 amide bonds. The van der Waals surface area contributed by atoms with Gasteiger partial charge in [0.15, 0.2) is 0 Å². The predicted octanol–water partition coefficient (Wildman–Crippen LogP) is 5.14. The number of nitrogens with zero attached hydrogens (tertiary/aromatic N) is 4. The molecule has 1 aliphatic carbocycles. The van der Waals surface area contributed by atoms with Gasteiger partial charge in [-0.1, -0.05) is 19.3 Å². The highest BCUT2D eigenvalue weighted by molar-refractivity contribution is 5.80. The van der Waals surface area contributed by atoms with E-state index in [4.69, 9.17) is 14.1 Å². The fourth-order valence-corrected chi connectivity index (χ4v) is 4.07. The van der Waals surface area contributed by atoms with E-state index < -0.39 is 0 Å². The van der Waals surface area contributed by atoms with E-state index in [9.17, 15) is 0 Å². The van der Waals surface area contributed by atoms with Crippen molar-refractivity contribution in [3.63, 3.8) is 0 Å². The second kappa shape index (κ2) is 9.25. The number of fused-ring (bicyclic) bond motifs is 1. The number of imidazole rings is 1. The van der Waals surface area contributed by atoms with Crippen LogP contribution < -0.4 is 15.4 Å². The molecule has 9 nitrogen and oxygen atoms in total. The summed E-state index contributed by atoms with van der Waals surface area (Å²) in [4.78, 5) is 21.5. The number of hydrogen-bond donors (Lipinski definition) is 3. The topological polar surface area (TPSA) is 114 Å². The molecular formula is C23H27N7O2. The number of anilines is 3. The van der Waals surface area contributed by atoms with Crippen molar-refractivity contribution in [3.8, 4) is 6.01 Å². The molecule has 1 saturated carbocycles. The lowest BCUT2D eigenvalue weighted by Crippen LogP contribution is -2.09. The first-order valence-electron chi connectivity index (χ1n) is 11.2. The third kappa shape index (κ3) is 4.66. The first kappa shape index (κ1) is 20.3. The zero-order chi connectivity index (χ0) is 21.8. The van der Waals surface area contributed by atoms with Gasteiger partial charge in [0.1, 0.15) is 11.6 Å². The molecule has 3 heterocycles. The molecule has 166 valence electrons. The fraction of sp³-hybridized carbons (Fsp3) is 0.391. The summed E-state index contributed by atoms with van der Waals surface area (Å²) in [6, 6.07) is 10.0. The lowest BCUT2D eigenvalue weighted by molar-refractivity contribution is 0.312. The van der Waals surface area contributed by atoms with Crippen molar-refractivity contribution in [1.82, 2.24) is 24.9 Å². The summed E-state index contributed by atoms with van der Waals surface area (Å²) in [5.74, 6) is 3.23. The van der Waals surface area contributed by atoms with Crippen LogP contribution in [0.3, 0.4) is 0 Å². The highest BCUT2D eigenvalue weighted by atomic mass is 16.5. The number of aromatic amines is 1. The van der Waals surface area contributed by atoms with Gasteiger partial charge in [0.25, 0.3) is 0 Å². The molecule has 0 unspecified atom stereocenters. The molecule has 1 aliphatic rings. The monoisotopic (exact) mass is 433 g/mol. The summed E-state index contributed by atoms with van der Waals surface area (Å²) < 4.78 is 10.9. The van der Waals surface area contributed by atoms with Crippen molar-refractivity contribution in [2.75, 3.05) is 17.2 Å². The molecule has 0 saturated heterocycles. The molecule has 0 aliphatic heterocycles. The molecule has 0 radical (unpaired) electrons. The van der Waals surface area contributed by atoms with Gasteiger partial charge < -0.3 is 24.8 Å². The number of nitrogens with one attached hydrogen (secondary N) is 3. The first-order valence-corrected chi connectivity index (χ1v) is 11.2. The molecule has 0 bridgehead atoms. The van der Waals surface area contributed by atoms with E-state index in [0.717, 1.165) is 28.3 Å². The molecule has 1 fully saturated rings. The second-order valence-corrected chi connectivity index (χ2v) is 7.95. The van der Waals surface area contributed by atoms with Crippen molar-refractivity contribution in [1.29, 1.82) is 0 Å². The fourth-order valence-electron chi connectivity index (χ4n) is 4.07. The Labute approximate surface area is 186 Å². The standard InChI is InChI=1S/C23H27N7O2/c1-2-31-23-29-21(24-14-17-9-6-12-32-17)28-22(30-23)25-16-10-11-18-19(13-16)27-20(26-18)15-7-4-3-5-8-15/h6,9-13,15H,2-5,7-8,14H2,1H3,(H,26,27)(H2,24,25,28,29,30). The third-order valence-corrected chi connectivity index (χ3v) is 5.64. The summed E-state index contributed by atoms with van der Waals surface area (Å²) in [6.07, 6.45) is 7.96. The van der Waals surface area contributed by atoms with E-state index >= 15 is 0 Å². The van der Waals surface area contributed by atoms with Crippen molar-refractivity contribution >= 4 is 28.6 Å². The molecule has 1 aromatic carbocycles. The maximum Gasteiger partial charge on any atom is 0.323 e. The van der Waals surface area contributed by atoms with Crippen molar-refractivity contribution in [2.24, 2.45) is 0 Å². The molecule has 3 aromatic heterocycles. The number of furan rings is 1. The molecular weight excluding hydrogens is 406 g/mol. The Morgan fingerprint density at radius 2 is 1.94 bits per heavy atom. The molecule has 9 heteroatoms. The van der Waals surface area contributed by atoms with Crippen LogP contribution in [-0.4, -0.2) is 31.5 Å². The Hall–Kier alpha value is -3.62. The predicted molar refractivity (Wildman–Crippen MR) is 122 cm³/mol. The van der Waals surface area contributed by atoms with Crippen LogP contribution in [0.2, 0.25) is 0 Å². The zero-order valence-corrected chi connectivity index (χ0v) is 18.1. The Morgan fingerprint density at radius 3 is 2.75 bits per heavy atom. The SMILES string of the molecule is CCOc1nc(NCc2ccco2)nc(Nc2ccc3nc(C4CCCCC4)[nH]c3c2)n1. The van der Waals surface area contributed by atoms with E-state index in [2.05, 4.69) is 30.6 Å². The lowest BCUT2D eigenvalue weighted by Gasteiger charge is -2.18. The van der Waals surface area contributed by atoms with E-state index in [0.29, 0.717) is 31.0 Å². The number of aromatic nitrogens is 5. The number of hydrogen-bond acceptors (Lipinski definition) is 8. The Bertz CT molecular complexity index is 1170. The summed E-state index contributed by atoms with van der Waals surface area (Å²) >= 11 is 0. The van der Waals surface area contributed by atoms with Gasteiger partial charge in [-0.3, -0.25) is 0 Å². The highest BCUT2D eigenvalue weighted by Crippen LogP contribution is 2.32. The maximum absolute atomic E-state index is 5.52. The molecule has 32 heavy (non-hydrogen) atoms. The second-order valence-electron chi connectivity index (χ2n) is 7.95. The largest absolute Gasteiger partial charge is 0.467 e. The van der Waals surface area contributed by atoms with Crippen molar-refractivity contribution in [3.05, 3.63) is 48.2 Å². The van der Waals surface area contributed by atoms with E-state index in [1.807, 2.05) is 37.3 Å². The minimum absolute atomic E-state index is 0.258. The molecule has 4 aromatic rings. The van der Waals surface area contributed by atoms with Crippen LogP contribution in [-0.2, 0) is 6.54 Å². The number of ether oxygens (including phenoxy) is 1. The van der Waals surface area contributed by atoms with E-state index in [1.54, 1.807) is 6.26 Å². The minimum Gasteiger partial charge on any atom is -0.467 e. The Morgan fingerprint density at radius 1 is 1.06 bits per heavy atom. The van der Waals surface area contributed by atoms with Gasteiger partial charge in [-0.2, -0.15) is 15.0 Å². The van der Waals surface area contributed by atoms with Crippen LogP contribution in [0.1, 0.15) is 56.5 Å². The summed E-state index contributed by atoms with van der Waals surface area (Å²) in [5, 5.41) is 6.41. The number of benzene rings is 1. The van der Waals surface area contributed by atoms with Crippen LogP contribution in [0, 0.1) is 0 Å². The zero-order valence-electron chi connectivity index (χ0n) is 18.1. The van der Waals surface area contributed by atoms with Crippen molar-refractivity contribution in [2.45, 2.75) is 51.5 Å². The van der Waals surface area contributed by atoms with Gasteiger partial charge in [-0.15, -0.1) is 0 Å². The van der Waals surface area contributed by atoms with Gasteiger partial charge in [-0.05, 0) is 50.1 Å². The van der Waals surface area contributed by atoms with Crippen LogP contribution in [0.4, 0.5) is 17.6 Å². The van der Waals surface area contributed by atoms with Crippen LogP contribution in [0.5, 0.6) is 6.01 Å². The quantitative estimate of drug-likeness (QED) is 0.350. The van der Waals surface area contributed by atoms with Gasteiger partial charge in [-0.25, -0.2) is 4.98 Å². The van der Waals surface area contributed by atoms with Crippen LogP contribution >= 0.6 is 0 Å². The smallest absolute Gasteiger partial charge is 0.323 e. The molecule has 0 spiro atoms. The van der Waals surface area contributed by atoms with Gasteiger partial charge >= 0.3 is 6.01 Å². The van der Waals surface area contributed by atoms with Crippen LogP contribution in [0.25, 0.3) is 11.0 Å². The average molecular weight is 434 g/mol. The van der Waals surface area contributed by atoms with Gasteiger partial charge in [0, 0.05) is 11.6 Å². The van der Waals surface area contributed by atoms with E-state index in [-0.39, 0.29) is 6.01 Å². The summed E-state index contributed by atoms with van der Waals surface area (Å²) in [5.41, 5.74) is 2.84. The van der Waals surface area contributed by atoms with E-state index in [1.165, 1.54) is 32.1 Å². The van der Waals surface area contributed by atoms with Gasteiger partial charge in [0.05, 0.1) is 30.4 Å². The normalized spacial score (nSPS) is 14.5. The Balaban J connectivity index is 1.35.